The summed E-state index contributed by atoms with van der Waals surface area (Å²) >= 11 is 0. The number of imidazole rings is 1. The molecule has 1 amide bonds. The summed E-state index contributed by atoms with van der Waals surface area (Å²) in [5.41, 5.74) is 2.49. The number of carbonyl (C=O) groups is 1. The number of likely N-dealkylation sites (tertiary alicyclic amines) is 1. The number of para-hydroxylation sites is 2. The molecule has 1 N–H and O–H groups in total. The zero-order valence-electron chi connectivity index (χ0n) is 15.1. The Bertz CT molecular complexity index is 865. The number of piperidine rings is 1. The Morgan fingerprint density at radius 1 is 1.38 bits per heavy atom. The number of benzene rings is 1. The summed E-state index contributed by atoms with van der Waals surface area (Å²) in [6.07, 6.45) is 4.77. The first kappa shape index (κ1) is 16.8. The molecule has 136 valence electrons. The largest absolute Gasteiger partial charge is 0.361 e. The third kappa shape index (κ3) is 3.49. The molecule has 0 aliphatic carbocycles. The van der Waals surface area contributed by atoms with Crippen molar-refractivity contribution in [3.63, 3.8) is 0 Å². The third-order valence-corrected chi connectivity index (χ3v) is 5.00. The number of aromatic nitrogens is 3. The predicted molar refractivity (Wildman–Crippen MR) is 98.9 cm³/mol. The Morgan fingerprint density at radius 2 is 2.27 bits per heavy atom. The van der Waals surface area contributed by atoms with E-state index in [0.29, 0.717) is 11.6 Å². The van der Waals surface area contributed by atoms with E-state index < -0.39 is 0 Å². The summed E-state index contributed by atoms with van der Waals surface area (Å²) in [4.78, 5) is 22.7. The Morgan fingerprint density at radius 3 is 3.12 bits per heavy atom. The van der Waals surface area contributed by atoms with Crippen LogP contribution in [0.25, 0.3) is 11.0 Å². The minimum Gasteiger partial charge on any atom is -0.361 e. The summed E-state index contributed by atoms with van der Waals surface area (Å²) in [6.45, 7) is 3.61. The van der Waals surface area contributed by atoms with E-state index >= 15 is 0 Å². The van der Waals surface area contributed by atoms with Crippen molar-refractivity contribution < 1.29 is 9.32 Å². The number of aryl methyl sites for hydroxylation is 1. The van der Waals surface area contributed by atoms with Gasteiger partial charge in [-0.15, -0.1) is 0 Å². The summed E-state index contributed by atoms with van der Waals surface area (Å²) < 4.78 is 5.26. The van der Waals surface area contributed by atoms with Crippen LogP contribution in [0.15, 0.2) is 34.9 Å². The van der Waals surface area contributed by atoms with Crippen molar-refractivity contribution in [1.82, 2.24) is 20.0 Å². The first-order chi connectivity index (χ1) is 12.7. The van der Waals surface area contributed by atoms with Crippen molar-refractivity contribution in [3.8, 4) is 0 Å². The van der Waals surface area contributed by atoms with Gasteiger partial charge >= 0.3 is 0 Å². The first-order valence-electron chi connectivity index (χ1n) is 9.41. The van der Waals surface area contributed by atoms with Gasteiger partial charge in [0.25, 0.3) is 5.91 Å². The molecule has 3 heterocycles. The molecular formula is C20H24N4O2. The van der Waals surface area contributed by atoms with Crippen LogP contribution in [0.5, 0.6) is 0 Å². The molecule has 1 saturated heterocycles. The topological polar surface area (TPSA) is 75.0 Å². The number of rotatable bonds is 5. The van der Waals surface area contributed by atoms with Crippen LogP contribution in [0.4, 0.5) is 0 Å². The van der Waals surface area contributed by atoms with Gasteiger partial charge in [-0.3, -0.25) is 4.79 Å². The lowest BCUT2D eigenvalue weighted by Gasteiger charge is -2.31. The number of nitrogens with zero attached hydrogens (tertiary/aromatic N) is 3. The third-order valence-electron chi connectivity index (χ3n) is 5.00. The lowest BCUT2D eigenvalue weighted by Crippen LogP contribution is -2.40. The maximum atomic E-state index is 12.7. The van der Waals surface area contributed by atoms with Crippen LogP contribution < -0.4 is 0 Å². The molecule has 1 fully saturated rings. The fraction of sp³-hybridized carbons (Fsp3) is 0.450. The smallest absolute Gasteiger partial charge is 0.276 e. The number of hydrogen-bond donors (Lipinski definition) is 1. The number of fused-ring (bicyclic) bond motifs is 1. The molecule has 0 spiro atoms. The second kappa shape index (κ2) is 7.32. The van der Waals surface area contributed by atoms with Crippen LogP contribution in [0.2, 0.25) is 0 Å². The van der Waals surface area contributed by atoms with Crippen molar-refractivity contribution in [2.45, 2.75) is 39.0 Å². The monoisotopic (exact) mass is 352 g/mol. The highest BCUT2D eigenvalue weighted by Gasteiger charge is 2.27. The van der Waals surface area contributed by atoms with Crippen LogP contribution in [0.3, 0.4) is 0 Å². The molecule has 1 aliphatic rings. The number of amides is 1. The lowest BCUT2D eigenvalue weighted by atomic mass is 9.94. The Hall–Kier alpha value is -2.63. The standard InChI is InChI=1S/C20H24N4O2/c1-2-6-15-12-18(23-26-15)20(25)24-10-5-7-14(13-24)11-19-21-16-8-3-4-9-17(16)22-19/h3-4,8-9,12,14H,2,5-7,10-11,13H2,1H3,(H,21,22). The van der Waals surface area contributed by atoms with Gasteiger partial charge < -0.3 is 14.4 Å². The van der Waals surface area contributed by atoms with Gasteiger partial charge in [0.15, 0.2) is 5.69 Å². The minimum atomic E-state index is -0.0228. The number of nitrogens with one attached hydrogen (secondary N) is 1. The van der Waals surface area contributed by atoms with Crippen LogP contribution in [-0.2, 0) is 12.8 Å². The second-order valence-electron chi connectivity index (χ2n) is 7.09. The van der Waals surface area contributed by atoms with Gasteiger partial charge in [-0.25, -0.2) is 4.98 Å². The van der Waals surface area contributed by atoms with E-state index in [4.69, 9.17) is 4.52 Å². The molecule has 6 nitrogen and oxygen atoms in total. The normalized spacial score (nSPS) is 17.7. The average molecular weight is 352 g/mol. The number of carbonyl (C=O) groups excluding carboxylic acids is 1. The summed E-state index contributed by atoms with van der Waals surface area (Å²) in [6, 6.07) is 9.86. The van der Waals surface area contributed by atoms with Gasteiger partial charge in [-0.05, 0) is 37.3 Å². The predicted octanol–water partition coefficient (Wildman–Crippen LogP) is 3.60. The molecule has 6 heteroatoms. The fourth-order valence-electron chi connectivity index (χ4n) is 3.73. The SMILES string of the molecule is CCCc1cc(C(=O)N2CCCC(Cc3nc4ccccc4[nH]3)C2)no1. The maximum absolute atomic E-state index is 12.7. The summed E-state index contributed by atoms with van der Waals surface area (Å²) in [5, 5.41) is 3.96. The maximum Gasteiger partial charge on any atom is 0.276 e. The van der Waals surface area contributed by atoms with Gasteiger partial charge in [0.05, 0.1) is 11.0 Å². The number of H-pyrrole nitrogens is 1. The zero-order chi connectivity index (χ0) is 17.9. The van der Waals surface area contributed by atoms with Gasteiger partial charge in [-0.1, -0.05) is 24.2 Å². The quantitative estimate of drug-likeness (QED) is 0.761. The molecular weight excluding hydrogens is 328 g/mol. The number of hydrogen-bond acceptors (Lipinski definition) is 4. The molecule has 1 aromatic carbocycles. The van der Waals surface area contributed by atoms with Crippen LogP contribution in [-0.4, -0.2) is 39.0 Å². The van der Waals surface area contributed by atoms with Crippen molar-refractivity contribution >= 4 is 16.9 Å². The molecule has 1 atom stereocenters. The van der Waals surface area contributed by atoms with Crippen molar-refractivity contribution in [2.24, 2.45) is 5.92 Å². The number of aromatic amines is 1. The Kier molecular flexibility index (Phi) is 4.73. The highest BCUT2D eigenvalue weighted by molar-refractivity contribution is 5.92. The fourth-order valence-corrected chi connectivity index (χ4v) is 3.73. The second-order valence-corrected chi connectivity index (χ2v) is 7.09. The molecule has 0 saturated carbocycles. The van der Waals surface area contributed by atoms with Gasteiger partial charge in [0.1, 0.15) is 11.6 Å². The molecule has 0 bridgehead atoms. The zero-order valence-corrected chi connectivity index (χ0v) is 15.1. The van der Waals surface area contributed by atoms with Crippen molar-refractivity contribution in [1.29, 1.82) is 0 Å². The molecule has 1 aliphatic heterocycles. The molecule has 0 radical (unpaired) electrons. The van der Waals surface area contributed by atoms with E-state index in [1.54, 1.807) is 6.07 Å². The van der Waals surface area contributed by atoms with E-state index in [-0.39, 0.29) is 5.91 Å². The van der Waals surface area contributed by atoms with Crippen LogP contribution in [0, 0.1) is 5.92 Å². The summed E-state index contributed by atoms with van der Waals surface area (Å²) in [5.74, 6) is 2.17. The lowest BCUT2D eigenvalue weighted by molar-refractivity contribution is 0.0661. The Balaban J connectivity index is 1.42. The minimum absolute atomic E-state index is 0.0228. The van der Waals surface area contributed by atoms with Gasteiger partial charge in [0, 0.05) is 32.0 Å². The van der Waals surface area contributed by atoms with E-state index in [2.05, 4.69) is 22.0 Å². The van der Waals surface area contributed by atoms with Crippen molar-refractivity contribution in [3.05, 3.63) is 47.6 Å². The van der Waals surface area contributed by atoms with Gasteiger partial charge in [0.2, 0.25) is 0 Å². The molecule has 4 rings (SSSR count). The molecule has 26 heavy (non-hydrogen) atoms. The van der Waals surface area contributed by atoms with Crippen molar-refractivity contribution in [2.75, 3.05) is 13.1 Å². The Labute approximate surface area is 152 Å². The highest BCUT2D eigenvalue weighted by atomic mass is 16.5. The van der Waals surface area contributed by atoms with Crippen LogP contribution >= 0.6 is 0 Å². The van der Waals surface area contributed by atoms with Crippen LogP contribution in [0.1, 0.15) is 48.3 Å². The molecule has 1 unspecified atom stereocenters. The molecule has 3 aromatic rings. The van der Waals surface area contributed by atoms with E-state index in [9.17, 15) is 4.79 Å². The molecule has 2 aromatic heterocycles. The summed E-state index contributed by atoms with van der Waals surface area (Å²) in [7, 11) is 0. The van der Waals surface area contributed by atoms with E-state index in [0.717, 1.165) is 67.8 Å². The first-order valence-corrected chi connectivity index (χ1v) is 9.41. The van der Waals surface area contributed by atoms with E-state index in [1.165, 1.54) is 0 Å². The van der Waals surface area contributed by atoms with Gasteiger partial charge in [-0.2, -0.15) is 0 Å². The highest BCUT2D eigenvalue weighted by Crippen LogP contribution is 2.23. The average Bonchev–Trinajstić information content (AvgIpc) is 3.28. The van der Waals surface area contributed by atoms with E-state index in [1.807, 2.05) is 29.2 Å².